The summed E-state index contributed by atoms with van der Waals surface area (Å²) in [6.45, 7) is 2.42. The predicted octanol–water partition coefficient (Wildman–Crippen LogP) is 4.15. The normalized spacial score (nSPS) is 14.7. The lowest BCUT2D eigenvalue weighted by Gasteiger charge is -2.35. The van der Waals surface area contributed by atoms with Gasteiger partial charge in [0.05, 0.1) is 17.7 Å². The Hall–Kier alpha value is -2.94. The first-order valence-corrected chi connectivity index (χ1v) is 10.3. The first-order valence-electron chi connectivity index (χ1n) is 9.36. The molecule has 4 nitrogen and oxygen atoms in total. The second-order valence-corrected chi connectivity index (χ2v) is 7.74. The molecule has 5 heteroatoms. The van der Waals surface area contributed by atoms with Gasteiger partial charge < -0.3 is 5.32 Å². The second-order valence-electron chi connectivity index (χ2n) is 6.96. The van der Waals surface area contributed by atoms with Crippen molar-refractivity contribution < 1.29 is 4.79 Å². The minimum atomic E-state index is -0.109. The first kappa shape index (κ1) is 18.4. The van der Waals surface area contributed by atoms with Crippen molar-refractivity contribution in [1.82, 2.24) is 10.2 Å². The second kappa shape index (κ2) is 8.39. The standard InChI is InChI=1S/C23H21N3OS/c24-13-17-5-7-19(8-6-17)23(27)25-14-22(21-10-12-28-16-21)26-11-9-18-3-1-2-4-20(18)15-26/h1-8,10,12,16,22H,9,11,14-15H2,(H,25,27). The van der Waals surface area contributed by atoms with E-state index < -0.39 is 0 Å². The minimum Gasteiger partial charge on any atom is -0.350 e. The molecule has 0 fully saturated rings. The number of fused-ring (bicyclic) bond motifs is 1. The van der Waals surface area contributed by atoms with Crippen LogP contribution in [0.2, 0.25) is 0 Å². The molecule has 2 heterocycles. The summed E-state index contributed by atoms with van der Waals surface area (Å²) in [5.74, 6) is -0.109. The van der Waals surface area contributed by atoms with Gasteiger partial charge in [0.1, 0.15) is 0 Å². The molecule has 1 aliphatic heterocycles. The number of nitrogens with one attached hydrogen (secondary N) is 1. The molecule has 0 spiro atoms. The summed E-state index contributed by atoms with van der Waals surface area (Å²) in [6.07, 6.45) is 1.03. The third-order valence-electron chi connectivity index (χ3n) is 5.26. The molecule has 0 saturated carbocycles. The number of amides is 1. The number of carbonyl (C=O) groups is 1. The van der Waals surface area contributed by atoms with E-state index in [1.165, 1.54) is 16.7 Å². The molecule has 1 amide bonds. The molecule has 0 radical (unpaired) electrons. The average molecular weight is 388 g/mol. The topological polar surface area (TPSA) is 56.1 Å². The third kappa shape index (κ3) is 3.99. The van der Waals surface area contributed by atoms with Crippen LogP contribution >= 0.6 is 11.3 Å². The maximum absolute atomic E-state index is 12.6. The van der Waals surface area contributed by atoms with Gasteiger partial charge in [-0.1, -0.05) is 24.3 Å². The van der Waals surface area contributed by atoms with Crippen molar-refractivity contribution in [3.8, 4) is 6.07 Å². The zero-order valence-electron chi connectivity index (χ0n) is 15.5. The van der Waals surface area contributed by atoms with Crippen LogP contribution in [-0.4, -0.2) is 23.9 Å². The fourth-order valence-electron chi connectivity index (χ4n) is 3.69. The summed E-state index contributed by atoms with van der Waals surface area (Å²) in [6, 6.07) is 19.7. The molecule has 0 bridgehead atoms. The van der Waals surface area contributed by atoms with Crippen LogP contribution in [0.5, 0.6) is 0 Å². The van der Waals surface area contributed by atoms with Crippen LogP contribution in [-0.2, 0) is 13.0 Å². The van der Waals surface area contributed by atoms with E-state index in [1.807, 2.05) is 0 Å². The minimum absolute atomic E-state index is 0.109. The number of hydrogen-bond acceptors (Lipinski definition) is 4. The largest absolute Gasteiger partial charge is 0.350 e. The number of rotatable bonds is 5. The Labute approximate surface area is 169 Å². The summed E-state index contributed by atoms with van der Waals surface area (Å²) in [4.78, 5) is 15.0. The fourth-order valence-corrected chi connectivity index (χ4v) is 4.40. The molecule has 28 heavy (non-hydrogen) atoms. The van der Waals surface area contributed by atoms with Crippen LogP contribution in [0.4, 0.5) is 0 Å². The van der Waals surface area contributed by atoms with Crippen molar-refractivity contribution in [3.05, 3.63) is 93.2 Å². The molecule has 1 aromatic heterocycles. The lowest BCUT2D eigenvalue weighted by atomic mass is 9.97. The van der Waals surface area contributed by atoms with Gasteiger partial charge in [0.2, 0.25) is 0 Å². The van der Waals surface area contributed by atoms with E-state index in [1.54, 1.807) is 35.6 Å². The average Bonchev–Trinajstić information content (AvgIpc) is 3.28. The van der Waals surface area contributed by atoms with Gasteiger partial charge in [0, 0.05) is 25.2 Å². The van der Waals surface area contributed by atoms with E-state index in [0.29, 0.717) is 17.7 Å². The zero-order chi connectivity index (χ0) is 19.3. The molecule has 1 N–H and O–H groups in total. The van der Waals surface area contributed by atoms with Crippen LogP contribution in [0.3, 0.4) is 0 Å². The molecular weight excluding hydrogens is 366 g/mol. The number of nitriles is 1. The highest BCUT2D eigenvalue weighted by Crippen LogP contribution is 2.28. The van der Waals surface area contributed by atoms with Crippen LogP contribution in [0, 0.1) is 11.3 Å². The van der Waals surface area contributed by atoms with Crippen LogP contribution in [0.15, 0.2) is 65.4 Å². The van der Waals surface area contributed by atoms with Gasteiger partial charge in [-0.05, 0) is 64.2 Å². The fraction of sp³-hybridized carbons (Fsp3) is 0.217. The third-order valence-corrected chi connectivity index (χ3v) is 5.96. The zero-order valence-corrected chi connectivity index (χ0v) is 16.3. The molecule has 3 aromatic rings. The molecule has 4 rings (SSSR count). The Morgan fingerprint density at radius 3 is 2.64 bits per heavy atom. The van der Waals surface area contributed by atoms with E-state index >= 15 is 0 Å². The maximum atomic E-state index is 12.6. The maximum Gasteiger partial charge on any atom is 0.251 e. The van der Waals surface area contributed by atoms with Crippen molar-refractivity contribution in [3.63, 3.8) is 0 Å². The summed E-state index contributed by atoms with van der Waals surface area (Å²) < 4.78 is 0. The number of carbonyl (C=O) groups excluding carboxylic acids is 1. The molecule has 1 aliphatic rings. The van der Waals surface area contributed by atoms with Gasteiger partial charge in [-0.15, -0.1) is 0 Å². The van der Waals surface area contributed by atoms with Crippen molar-refractivity contribution in [1.29, 1.82) is 5.26 Å². The molecule has 140 valence electrons. The summed E-state index contributed by atoms with van der Waals surface area (Å²) in [5, 5.41) is 16.2. The highest BCUT2D eigenvalue weighted by atomic mass is 32.1. The molecule has 1 unspecified atom stereocenters. The van der Waals surface area contributed by atoms with Gasteiger partial charge in [0.25, 0.3) is 5.91 Å². The lowest BCUT2D eigenvalue weighted by molar-refractivity contribution is 0.0928. The number of nitrogens with zero attached hydrogens (tertiary/aromatic N) is 2. The first-order chi connectivity index (χ1) is 13.7. The van der Waals surface area contributed by atoms with Crippen LogP contribution < -0.4 is 5.32 Å². The Morgan fingerprint density at radius 1 is 1.14 bits per heavy atom. The van der Waals surface area contributed by atoms with E-state index in [4.69, 9.17) is 5.26 Å². The van der Waals surface area contributed by atoms with Gasteiger partial charge in [-0.3, -0.25) is 9.69 Å². The smallest absolute Gasteiger partial charge is 0.251 e. The number of hydrogen-bond donors (Lipinski definition) is 1. The van der Waals surface area contributed by atoms with Crippen LogP contribution in [0.25, 0.3) is 0 Å². The Kier molecular flexibility index (Phi) is 5.52. The summed E-state index contributed by atoms with van der Waals surface area (Å²) in [5.41, 5.74) is 5.16. The van der Waals surface area contributed by atoms with Gasteiger partial charge in [-0.25, -0.2) is 0 Å². The monoisotopic (exact) mass is 387 g/mol. The summed E-state index contributed by atoms with van der Waals surface area (Å²) in [7, 11) is 0. The van der Waals surface area contributed by atoms with E-state index in [9.17, 15) is 4.79 Å². The SMILES string of the molecule is N#Cc1ccc(C(=O)NCC(c2ccsc2)N2CCc3ccccc3C2)cc1. The summed E-state index contributed by atoms with van der Waals surface area (Å²) >= 11 is 1.68. The van der Waals surface area contributed by atoms with E-state index in [0.717, 1.165) is 19.5 Å². The molecule has 1 atom stereocenters. The molecule has 0 aliphatic carbocycles. The van der Waals surface area contributed by atoms with Crippen LogP contribution in [0.1, 0.15) is 38.7 Å². The van der Waals surface area contributed by atoms with Gasteiger partial charge >= 0.3 is 0 Å². The Bertz CT molecular complexity index is 989. The quantitative estimate of drug-likeness (QED) is 0.716. The predicted molar refractivity (Wildman–Crippen MR) is 111 cm³/mol. The van der Waals surface area contributed by atoms with Crippen molar-refractivity contribution in [2.45, 2.75) is 19.0 Å². The van der Waals surface area contributed by atoms with E-state index in [-0.39, 0.29) is 11.9 Å². The number of thiophene rings is 1. The Morgan fingerprint density at radius 2 is 1.93 bits per heavy atom. The van der Waals surface area contributed by atoms with Gasteiger partial charge in [-0.2, -0.15) is 16.6 Å². The molecular formula is C23H21N3OS. The number of benzene rings is 2. The van der Waals surface area contributed by atoms with Crippen molar-refractivity contribution in [2.24, 2.45) is 0 Å². The Balaban J connectivity index is 1.48. The van der Waals surface area contributed by atoms with Crippen molar-refractivity contribution >= 4 is 17.2 Å². The van der Waals surface area contributed by atoms with E-state index in [2.05, 4.69) is 57.4 Å². The molecule has 0 saturated heterocycles. The molecule has 2 aromatic carbocycles. The highest BCUT2D eigenvalue weighted by Gasteiger charge is 2.25. The van der Waals surface area contributed by atoms with Gasteiger partial charge in [0.15, 0.2) is 0 Å². The highest BCUT2D eigenvalue weighted by molar-refractivity contribution is 7.07. The van der Waals surface area contributed by atoms with Crippen molar-refractivity contribution in [2.75, 3.05) is 13.1 Å². The lowest BCUT2D eigenvalue weighted by Crippen LogP contribution is -2.40.